The van der Waals surface area contributed by atoms with Gasteiger partial charge in [-0.25, -0.2) is 4.79 Å². The summed E-state index contributed by atoms with van der Waals surface area (Å²) in [6, 6.07) is -0.453. The Morgan fingerprint density at radius 2 is 1.76 bits per heavy atom. The minimum Gasteiger partial charge on any atom is -0.453 e. The molecule has 0 aromatic rings. The van der Waals surface area contributed by atoms with E-state index in [1.54, 1.807) is 0 Å². The topological polar surface area (TPSA) is 84.5 Å². The Morgan fingerprint density at radius 1 is 1.14 bits per heavy atom. The summed E-state index contributed by atoms with van der Waals surface area (Å²) >= 11 is 0. The van der Waals surface area contributed by atoms with Crippen LogP contribution in [0, 0.1) is 17.8 Å². The van der Waals surface area contributed by atoms with E-state index >= 15 is 0 Å². The number of ether oxygens (including phenoxy) is 1. The van der Waals surface area contributed by atoms with Gasteiger partial charge in [0.1, 0.15) is 0 Å². The molecule has 6 nitrogen and oxygen atoms in total. The molecule has 1 saturated carbocycles. The second-order valence-electron chi connectivity index (χ2n) is 6.29. The SMILES string of the molecule is COC(=O)N[C@H](C(=O)C[C@H]1C[C@@H]1C(=O)NC(C)C)C(C)C. The minimum absolute atomic E-state index is 0.0155. The first-order chi connectivity index (χ1) is 9.76. The number of carbonyl (C=O) groups is 3. The van der Waals surface area contributed by atoms with E-state index in [4.69, 9.17) is 0 Å². The van der Waals surface area contributed by atoms with E-state index in [2.05, 4.69) is 15.4 Å². The second-order valence-corrected chi connectivity index (χ2v) is 6.29. The van der Waals surface area contributed by atoms with E-state index in [1.807, 2.05) is 27.7 Å². The molecule has 0 heterocycles. The van der Waals surface area contributed by atoms with Gasteiger partial charge in [0.25, 0.3) is 0 Å². The van der Waals surface area contributed by atoms with Gasteiger partial charge in [0.05, 0.1) is 13.2 Å². The van der Waals surface area contributed by atoms with Gasteiger partial charge in [0, 0.05) is 18.4 Å². The third kappa shape index (κ3) is 5.36. The van der Waals surface area contributed by atoms with Crippen LogP contribution in [0.5, 0.6) is 0 Å². The summed E-state index contributed by atoms with van der Waals surface area (Å²) in [6.07, 6.45) is 0.461. The number of Topliss-reactive ketones (excluding diaryl/α,β-unsaturated/α-hetero) is 1. The van der Waals surface area contributed by atoms with Crippen molar-refractivity contribution in [2.45, 2.75) is 52.6 Å². The van der Waals surface area contributed by atoms with Crippen molar-refractivity contribution in [1.82, 2.24) is 10.6 Å². The van der Waals surface area contributed by atoms with E-state index in [9.17, 15) is 14.4 Å². The molecule has 2 N–H and O–H groups in total. The average molecular weight is 298 g/mol. The molecular weight excluding hydrogens is 272 g/mol. The first kappa shape index (κ1) is 17.5. The van der Waals surface area contributed by atoms with Gasteiger partial charge in [-0.2, -0.15) is 0 Å². The fourth-order valence-electron chi connectivity index (χ4n) is 2.38. The molecule has 1 fully saturated rings. The molecule has 0 spiro atoms. The van der Waals surface area contributed by atoms with E-state index in [1.165, 1.54) is 7.11 Å². The molecule has 0 aliphatic heterocycles. The van der Waals surface area contributed by atoms with Crippen molar-refractivity contribution in [2.75, 3.05) is 7.11 Å². The third-order valence-electron chi connectivity index (χ3n) is 3.63. The normalized spacial score (nSPS) is 21.9. The van der Waals surface area contributed by atoms with Crippen molar-refractivity contribution < 1.29 is 19.1 Å². The lowest BCUT2D eigenvalue weighted by Crippen LogP contribution is -2.44. The summed E-state index contributed by atoms with van der Waals surface area (Å²) in [5.74, 6) is -0.0115. The quantitative estimate of drug-likeness (QED) is 0.745. The molecule has 3 atom stereocenters. The van der Waals surface area contributed by atoms with Crippen LogP contribution >= 0.6 is 0 Å². The monoisotopic (exact) mass is 298 g/mol. The summed E-state index contributed by atoms with van der Waals surface area (Å²) in [4.78, 5) is 35.4. The Labute approximate surface area is 126 Å². The molecule has 0 radical (unpaired) electrons. The Bertz CT molecular complexity index is 406. The van der Waals surface area contributed by atoms with Crippen LogP contribution in [0.3, 0.4) is 0 Å². The second kappa shape index (κ2) is 7.43. The number of nitrogens with one attached hydrogen (secondary N) is 2. The lowest BCUT2D eigenvalue weighted by molar-refractivity contribution is -0.123. The third-order valence-corrected chi connectivity index (χ3v) is 3.63. The standard InChI is InChI=1S/C15H26N2O4/c1-8(2)13(17-15(20)21-5)12(18)7-10-6-11(10)14(19)16-9(3)4/h8-11,13H,6-7H2,1-5H3,(H,16,19)(H,17,20)/t10-,11+,13+/m1/s1. The summed E-state index contributed by atoms with van der Waals surface area (Å²) in [7, 11) is 1.27. The summed E-state index contributed by atoms with van der Waals surface area (Å²) in [5.41, 5.74) is 0. The van der Waals surface area contributed by atoms with Crippen molar-refractivity contribution in [1.29, 1.82) is 0 Å². The predicted molar refractivity (Wildman–Crippen MR) is 78.7 cm³/mol. The fourth-order valence-corrected chi connectivity index (χ4v) is 2.38. The molecule has 0 aromatic carbocycles. The van der Waals surface area contributed by atoms with Crippen LogP contribution < -0.4 is 10.6 Å². The van der Waals surface area contributed by atoms with E-state index in [-0.39, 0.29) is 35.5 Å². The summed E-state index contributed by atoms with van der Waals surface area (Å²) < 4.78 is 4.54. The number of alkyl carbamates (subject to hydrolysis) is 1. The lowest BCUT2D eigenvalue weighted by atomic mass is 9.96. The molecule has 21 heavy (non-hydrogen) atoms. The highest BCUT2D eigenvalue weighted by atomic mass is 16.5. The maximum absolute atomic E-state index is 12.3. The Morgan fingerprint density at radius 3 is 2.24 bits per heavy atom. The van der Waals surface area contributed by atoms with Crippen LogP contribution in [0.15, 0.2) is 0 Å². The van der Waals surface area contributed by atoms with Crippen molar-refractivity contribution in [3.05, 3.63) is 0 Å². The van der Waals surface area contributed by atoms with Gasteiger partial charge >= 0.3 is 6.09 Å². The number of ketones is 1. The van der Waals surface area contributed by atoms with Crippen LogP contribution in [0.1, 0.15) is 40.5 Å². The molecule has 2 amide bonds. The molecule has 1 aliphatic carbocycles. The van der Waals surface area contributed by atoms with E-state index in [0.29, 0.717) is 6.42 Å². The molecular formula is C15H26N2O4. The number of carbonyl (C=O) groups excluding carboxylic acids is 3. The highest BCUT2D eigenvalue weighted by molar-refractivity contribution is 5.89. The Hall–Kier alpha value is -1.59. The van der Waals surface area contributed by atoms with Crippen molar-refractivity contribution in [3.63, 3.8) is 0 Å². The number of hydrogen-bond donors (Lipinski definition) is 2. The Balaban J connectivity index is 2.49. The number of amides is 2. The van der Waals surface area contributed by atoms with Crippen LogP contribution in [0.2, 0.25) is 0 Å². The largest absolute Gasteiger partial charge is 0.453 e. The minimum atomic E-state index is -0.605. The van der Waals surface area contributed by atoms with Gasteiger partial charge in [-0.05, 0) is 32.1 Å². The zero-order valence-electron chi connectivity index (χ0n) is 13.4. The maximum atomic E-state index is 12.3. The maximum Gasteiger partial charge on any atom is 0.407 e. The zero-order valence-corrected chi connectivity index (χ0v) is 13.4. The Kier molecular flexibility index (Phi) is 6.18. The van der Waals surface area contributed by atoms with Gasteiger partial charge in [-0.15, -0.1) is 0 Å². The van der Waals surface area contributed by atoms with Crippen LogP contribution in [0.4, 0.5) is 4.79 Å². The van der Waals surface area contributed by atoms with Gasteiger partial charge in [-0.1, -0.05) is 13.8 Å². The highest BCUT2D eigenvalue weighted by Gasteiger charge is 2.45. The lowest BCUT2D eigenvalue weighted by Gasteiger charge is -2.20. The van der Waals surface area contributed by atoms with Crippen molar-refractivity contribution in [2.24, 2.45) is 17.8 Å². The number of methoxy groups -OCH3 is 1. The number of hydrogen-bond acceptors (Lipinski definition) is 4. The molecule has 120 valence electrons. The molecule has 0 bridgehead atoms. The fraction of sp³-hybridized carbons (Fsp3) is 0.800. The van der Waals surface area contributed by atoms with Crippen molar-refractivity contribution >= 4 is 17.8 Å². The van der Waals surface area contributed by atoms with Crippen LogP contribution in [-0.4, -0.2) is 37.0 Å². The van der Waals surface area contributed by atoms with Crippen LogP contribution in [-0.2, 0) is 14.3 Å². The van der Waals surface area contributed by atoms with Gasteiger partial charge in [0.2, 0.25) is 5.91 Å². The first-order valence-electron chi connectivity index (χ1n) is 7.43. The molecule has 6 heteroatoms. The highest BCUT2D eigenvalue weighted by Crippen LogP contribution is 2.42. The summed E-state index contributed by atoms with van der Waals surface area (Å²) in [6.45, 7) is 7.56. The van der Waals surface area contributed by atoms with Gasteiger partial charge in [0.15, 0.2) is 5.78 Å². The first-order valence-corrected chi connectivity index (χ1v) is 7.43. The summed E-state index contributed by atoms with van der Waals surface area (Å²) in [5, 5.41) is 5.43. The molecule has 0 aromatic heterocycles. The van der Waals surface area contributed by atoms with Crippen molar-refractivity contribution in [3.8, 4) is 0 Å². The predicted octanol–water partition coefficient (Wildman–Crippen LogP) is 1.49. The van der Waals surface area contributed by atoms with E-state index in [0.717, 1.165) is 6.42 Å². The van der Waals surface area contributed by atoms with E-state index < -0.39 is 12.1 Å². The van der Waals surface area contributed by atoms with Crippen LogP contribution in [0.25, 0.3) is 0 Å². The van der Waals surface area contributed by atoms with Gasteiger partial charge in [-0.3, -0.25) is 9.59 Å². The molecule has 0 saturated heterocycles. The zero-order chi connectivity index (χ0) is 16.2. The number of rotatable bonds is 7. The smallest absolute Gasteiger partial charge is 0.407 e. The average Bonchev–Trinajstić information content (AvgIpc) is 3.13. The molecule has 1 rings (SSSR count). The molecule has 0 unspecified atom stereocenters. The molecule has 1 aliphatic rings. The van der Waals surface area contributed by atoms with Gasteiger partial charge < -0.3 is 15.4 Å².